The van der Waals surface area contributed by atoms with E-state index in [-0.39, 0.29) is 0 Å². The van der Waals surface area contributed by atoms with Crippen molar-refractivity contribution in [3.8, 4) is 0 Å². The standard InChI is InChI=1S/C11H22N2O3S/c1-2-3-9-12-11(14)13-17(15,16)10-7-5-4-6-8-10/h10H,2-9H2,1H3,(H2,12,13,14). The van der Waals surface area contributed by atoms with E-state index in [9.17, 15) is 13.2 Å². The number of carbonyl (C=O) groups is 1. The Morgan fingerprint density at radius 3 is 2.47 bits per heavy atom. The van der Waals surface area contributed by atoms with E-state index < -0.39 is 21.3 Å². The minimum Gasteiger partial charge on any atom is -0.337 e. The zero-order valence-corrected chi connectivity index (χ0v) is 11.2. The summed E-state index contributed by atoms with van der Waals surface area (Å²) in [5, 5.41) is 2.15. The average Bonchev–Trinajstić information content (AvgIpc) is 2.30. The third-order valence-corrected chi connectivity index (χ3v) is 4.86. The molecule has 100 valence electrons. The Bertz CT molecular complexity index is 335. The molecule has 0 aliphatic heterocycles. The molecule has 17 heavy (non-hydrogen) atoms. The molecule has 1 aliphatic rings. The molecule has 0 aromatic rings. The van der Waals surface area contributed by atoms with E-state index in [4.69, 9.17) is 0 Å². The Morgan fingerprint density at radius 2 is 1.88 bits per heavy atom. The van der Waals surface area contributed by atoms with Gasteiger partial charge in [-0.05, 0) is 19.3 Å². The second-order valence-corrected chi connectivity index (χ2v) is 6.48. The summed E-state index contributed by atoms with van der Waals surface area (Å²) in [6.45, 7) is 2.53. The molecule has 0 bridgehead atoms. The van der Waals surface area contributed by atoms with Crippen molar-refractivity contribution in [1.82, 2.24) is 10.0 Å². The first kappa shape index (κ1) is 14.3. The molecule has 1 rings (SSSR count). The van der Waals surface area contributed by atoms with E-state index in [1.807, 2.05) is 6.92 Å². The first-order valence-electron chi connectivity index (χ1n) is 6.35. The summed E-state index contributed by atoms with van der Waals surface area (Å²) in [6, 6.07) is -0.593. The number of sulfonamides is 1. The van der Waals surface area contributed by atoms with Gasteiger partial charge in [-0.1, -0.05) is 32.6 Å². The predicted octanol–water partition coefficient (Wildman–Crippen LogP) is 1.75. The van der Waals surface area contributed by atoms with Crippen molar-refractivity contribution >= 4 is 16.1 Å². The van der Waals surface area contributed by atoms with Gasteiger partial charge in [0.1, 0.15) is 0 Å². The van der Waals surface area contributed by atoms with Gasteiger partial charge in [-0.2, -0.15) is 0 Å². The third-order valence-electron chi connectivity index (χ3n) is 3.04. The molecule has 1 saturated carbocycles. The van der Waals surface area contributed by atoms with Gasteiger partial charge in [-0.3, -0.25) is 0 Å². The van der Waals surface area contributed by atoms with Gasteiger partial charge < -0.3 is 5.32 Å². The SMILES string of the molecule is CCCCNC(=O)NS(=O)(=O)C1CCCCC1. The minimum absolute atomic E-state index is 0.395. The van der Waals surface area contributed by atoms with Gasteiger partial charge >= 0.3 is 6.03 Å². The van der Waals surface area contributed by atoms with Crippen LogP contribution in [-0.2, 0) is 10.0 Å². The Morgan fingerprint density at radius 1 is 1.24 bits per heavy atom. The summed E-state index contributed by atoms with van der Waals surface area (Å²) in [5.74, 6) is 0. The number of rotatable bonds is 5. The molecule has 5 nitrogen and oxygen atoms in total. The number of urea groups is 1. The third kappa shape index (κ3) is 4.93. The summed E-state index contributed by atoms with van der Waals surface area (Å²) >= 11 is 0. The van der Waals surface area contributed by atoms with Crippen molar-refractivity contribution in [3.05, 3.63) is 0 Å². The maximum Gasteiger partial charge on any atom is 0.328 e. The Kier molecular flexibility index (Phi) is 5.74. The first-order valence-corrected chi connectivity index (χ1v) is 7.90. The van der Waals surface area contributed by atoms with Crippen LogP contribution in [0.5, 0.6) is 0 Å². The second kappa shape index (κ2) is 6.83. The van der Waals surface area contributed by atoms with Crippen LogP contribution in [0.15, 0.2) is 0 Å². The van der Waals surface area contributed by atoms with Crippen molar-refractivity contribution in [2.75, 3.05) is 6.54 Å². The number of carbonyl (C=O) groups excluding carboxylic acids is 1. The monoisotopic (exact) mass is 262 g/mol. The maximum atomic E-state index is 11.9. The number of nitrogens with one attached hydrogen (secondary N) is 2. The van der Waals surface area contributed by atoms with E-state index in [0.29, 0.717) is 19.4 Å². The van der Waals surface area contributed by atoms with E-state index >= 15 is 0 Å². The highest BCUT2D eigenvalue weighted by molar-refractivity contribution is 7.90. The predicted molar refractivity (Wildman–Crippen MR) is 67.2 cm³/mol. The lowest BCUT2D eigenvalue weighted by Crippen LogP contribution is -2.44. The molecule has 0 spiro atoms. The van der Waals surface area contributed by atoms with Crippen molar-refractivity contribution in [2.45, 2.75) is 57.1 Å². The largest absolute Gasteiger partial charge is 0.337 e. The molecular weight excluding hydrogens is 240 g/mol. The topological polar surface area (TPSA) is 75.3 Å². The molecule has 6 heteroatoms. The van der Waals surface area contributed by atoms with Crippen LogP contribution in [0.4, 0.5) is 4.79 Å². The smallest absolute Gasteiger partial charge is 0.328 e. The van der Waals surface area contributed by atoms with Crippen LogP contribution < -0.4 is 10.0 Å². The van der Waals surface area contributed by atoms with E-state index in [2.05, 4.69) is 10.0 Å². The Balaban J connectivity index is 2.39. The molecule has 0 aromatic heterocycles. The number of hydrogen-bond donors (Lipinski definition) is 2. The van der Waals surface area contributed by atoms with E-state index in [1.165, 1.54) is 0 Å². The fraction of sp³-hybridized carbons (Fsp3) is 0.909. The van der Waals surface area contributed by atoms with Gasteiger partial charge in [0, 0.05) is 6.54 Å². The normalized spacial score (nSPS) is 17.7. The second-order valence-electron chi connectivity index (χ2n) is 4.52. The van der Waals surface area contributed by atoms with Crippen molar-refractivity contribution in [3.63, 3.8) is 0 Å². The van der Waals surface area contributed by atoms with Crippen LogP contribution in [0.3, 0.4) is 0 Å². The van der Waals surface area contributed by atoms with E-state index in [0.717, 1.165) is 32.1 Å². The summed E-state index contributed by atoms with van der Waals surface area (Å²) in [6.07, 6.45) is 6.11. The van der Waals surface area contributed by atoms with Gasteiger partial charge in [0.25, 0.3) is 0 Å². The minimum atomic E-state index is -3.48. The lowest BCUT2D eigenvalue weighted by atomic mass is 10.0. The molecule has 0 atom stereocenters. The summed E-state index contributed by atoms with van der Waals surface area (Å²) < 4.78 is 25.8. The number of unbranched alkanes of at least 4 members (excludes halogenated alkanes) is 1. The highest BCUT2D eigenvalue weighted by Crippen LogP contribution is 2.22. The number of amides is 2. The molecule has 0 saturated heterocycles. The summed E-state index contributed by atoms with van der Waals surface area (Å²) in [5.41, 5.74) is 0. The molecule has 0 unspecified atom stereocenters. The summed E-state index contributed by atoms with van der Waals surface area (Å²) in [4.78, 5) is 11.4. The Labute approximate surface area is 103 Å². The highest BCUT2D eigenvalue weighted by atomic mass is 32.2. The van der Waals surface area contributed by atoms with Gasteiger partial charge in [-0.25, -0.2) is 17.9 Å². The molecule has 0 heterocycles. The highest BCUT2D eigenvalue weighted by Gasteiger charge is 2.28. The first-order chi connectivity index (χ1) is 8.06. The van der Waals surface area contributed by atoms with Gasteiger partial charge in [0.15, 0.2) is 0 Å². The fourth-order valence-corrected chi connectivity index (χ4v) is 3.45. The lowest BCUT2D eigenvalue weighted by Gasteiger charge is -2.21. The molecule has 2 N–H and O–H groups in total. The van der Waals surface area contributed by atoms with Crippen molar-refractivity contribution in [2.24, 2.45) is 0 Å². The zero-order valence-electron chi connectivity index (χ0n) is 10.4. The van der Waals surface area contributed by atoms with E-state index in [1.54, 1.807) is 0 Å². The molecule has 2 amide bonds. The average molecular weight is 262 g/mol. The molecule has 0 radical (unpaired) electrons. The summed E-state index contributed by atoms with van der Waals surface area (Å²) in [7, 11) is -3.48. The quantitative estimate of drug-likeness (QED) is 0.741. The van der Waals surface area contributed by atoms with Crippen LogP contribution >= 0.6 is 0 Å². The molecule has 1 fully saturated rings. The fourth-order valence-electron chi connectivity index (χ4n) is 2.00. The Hall–Kier alpha value is -0.780. The van der Waals surface area contributed by atoms with Gasteiger partial charge in [0.2, 0.25) is 10.0 Å². The van der Waals surface area contributed by atoms with Gasteiger partial charge in [0.05, 0.1) is 5.25 Å². The maximum absolute atomic E-state index is 11.9. The van der Waals surface area contributed by atoms with Gasteiger partial charge in [-0.15, -0.1) is 0 Å². The van der Waals surface area contributed by atoms with Crippen LogP contribution in [0.2, 0.25) is 0 Å². The van der Waals surface area contributed by atoms with Crippen LogP contribution in [0.25, 0.3) is 0 Å². The number of hydrogen-bond acceptors (Lipinski definition) is 3. The van der Waals surface area contributed by atoms with Crippen LogP contribution in [0, 0.1) is 0 Å². The molecule has 1 aliphatic carbocycles. The van der Waals surface area contributed by atoms with Crippen LogP contribution in [0.1, 0.15) is 51.9 Å². The molecular formula is C11H22N2O3S. The zero-order chi connectivity index (χ0) is 12.7. The van der Waals surface area contributed by atoms with Crippen LogP contribution in [-0.4, -0.2) is 26.2 Å². The lowest BCUT2D eigenvalue weighted by molar-refractivity contribution is 0.245. The van der Waals surface area contributed by atoms with Crippen molar-refractivity contribution in [1.29, 1.82) is 0 Å². The molecule has 0 aromatic carbocycles. The van der Waals surface area contributed by atoms with Crippen molar-refractivity contribution < 1.29 is 13.2 Å².